The molecule has 0 atom stereocenters. The molecule has 1 aromatic heterocycles. The van der Waals surface area contributed by atoms with Gasteiger partial charge >= 0.3 is 5.69 Å². The van der Waals surface area contributed by atoms with Crippen LogP contribution in [-0.4, -0.2) is 22.0 Å². The van der Waals surface area contributed by atoms with Gasteiger partial charge in [-0.25, -0.2) is 4.79 Å². The van der Waals surface area contributed by atoms with Gasteiger partial charge in [0.2, 0.25) is 0 Å². The fraction of sp³-hybridized carbons (Fsp3) is 0.421. The van der Waals surface area contributed by atoms with Crippen LogP contribution in [0, 0.1) is 11.8 Å². The number of rotatable bonds is 6. The van der Waals surface area contributed by atoms with Crippen LogP contribution in [0.1, 0.15) is 38.1 Å². The summed E-state index contributed by atoms with van der Waals surface area (Å²) in [6.07, 6.45) is 0. The summed E-state index contributed by atoms with van der Waals surface area (Å²) in [4.78, 5) is 41.6. The molecule has 0 aliphatic rings. The van der Waals surface area contributed by atoms with Crippen molar-refractivity contribution in [1.29, 1.82) is 0 Å². The molecule has 9 heteroatoms. The molecule has 0 saturated heterocycles. The second kappa shape index (κ2) is 8.84. The monoisotopic (exact) mass is 426 g/mol. The first-order chi connectivity index (χ1) is 13.0. The van der Waals surface area contributed by atoms with Crippen LogP contribution in [0.4, 0.5) is 11.5 Å². The van der Waals surface area contributed by atoms with Gasteiger partial charge in [-0.05, 0) is 30.0 Å². The molecule has 0 radical (unpaired) electrons. The van der Waals surface area contributed by atoms with E-state index in [0.29, 0.717) is 11.6 Å². The molecular formula is C19H24Cl2N4O3. The standard InChI is InChI=1S/C19H24Cl2N4O3/c1-10(2)8-24(18(27)13-6-5-12(20)7-14(13)21)15-16(22)25(9-11(3)4)19(28)23-17(15)26/h5-7,10-11H,8-9,22H2,1-4H3,(H,23,26,28). The van der Waals surface area contributed by atoms with Crippen LogP contribution in [0.5, 0.6) is 0 Å². The number of benzene rings is 1. The molecule has 1 heterocycles. The molecule has 152 valence electrons. The third-order valence-electron chi connectivity index (χ3n) is 3.99. The van der Waals surface area contributed by atoms with E-state index in [9.17, 15) is 14.4 Å². The molecule has 2 aromatic rings. The number of H-pyrrole nitrogens is 1. The second-order valence-corrected chi connectivity index (χ2v) is 8.27. The molecule has 1 aromatic carbocycles. The van der Waals surface area contributed by atoms with Crippen LogP contribution in [0.15, 0.2) is 27.8 Å². The average Bonchev–Trinajstić information content (AvgIpc) is 2.56. The first-order valence-corrected chi connectivity index (χ1v) is 9.68. The minimum Gasteiger partial charge on any atom is -0.383 e. The third kappa shape index (κ3) is 4.77. The van der Waals surface area contributed by atoms with E-state index < -0.39 is 17.2 Å². The van der Waals surface area contributed by atoms with Crippen LogP contribution >= 0.6 is 23.2 Å². The van der Waals surface area contributed by atoms with Crippen molar-refractivity contribution in [2.75, 3.05) is 17.2 Å². The number of hydrogen-bond donors (Lipinski definition) is 2. The van der Waals surface area contributed by atoms with E-state index in [1.165, 1.54) is 21.6 Å². The number of aromatic amines is 1. The van der Waals surface area contributed by atoms with Crippen molar-refractivity contribution in [3.63, 3.8) is 0 Å². The molecule has 2 rings (SSSR count). The highest BCUT2D eigenvalue weighted by Crippen LogP contribution is 2.26. The Bertz CT molecular complexity index is 996. The number of halogens is 2. The maximum atomic E-state index is 13.2. The first kappa shape index (κ1) is 22.0. The molecule has 7 nitrogen and oxygen atoms in total. The molecule has 0 fully saturated rings. The van der Waals surface area contributed by atoms with Gasteiger partial charge in [-0.15, -0.1) is 0 Å². The summed E-state index contributed by atoms with van der Waals surface area (Å²) in [7, 11) is 0. The predicted molar refractivity (Wildman–Crippen MR) is 114 cm³/mol. The van der Waals surface area contributed by atoms with E-state index in [1.807, 2.05) is 27.7 Å². The van der Waals surface area contributed by atoms with E-state index in [2.05, 4.69) is 4.98 Å². The van der Waals surface area contributed by atoms with Gasteiger partial charge in [0.05, 0.1) is 10.6 Å². The van der Waals surface area contributed by atoms with Crippen molar-refractivity contribution < 1.29 is 4.79 Å². The Morgan fingerprint density at radius 2 is 1.82 bits per heavy atom. The Labute approximate surface area is 173 Å². The molecule has 0 unspecified atom stereocenters. The Kier molecular flexibility index (Phi) is 6.96. The zero-order chi connectivity index (χ0) is 21.2. The van der Waals surface area contributed by atoms with Gasteiger partial charge in [0.25, 0.3) is 11.5 Å². The lowest BCUT2D eigenvalue weighted by Crippen LogP contribution is -2.43. The van der Waals surface area contributed by atoms with E-state index >= 15 is 0 Å². The van der Waals surface area contributed by atoms with Gasteiger partial charge in [0.15, 0.2) is 5.69 Å². The van der Waals surface area contributed by atoms with E-state index in [1.54, 1.807) is 6.07 Å². The van der Waals surface area contributed by atoms with Crippen molar-refractivity contribution in [2.24, 2.45) is 11.8 Å². The van der Waals surface area contributed by atoms with Crippen LogP contribution < -0.4 is 21.9 Å². The summed E-state index contributed by atoms with van der Waals surface area (Å²) in [6.45, 7) is 8.16. The minimum absolute atomic E-state index is 0.0271. The van der Waals surface area contributed by atoms with Crippen molar-refractivity contribution >= 4 is 40.6 Å². The molecule has 3 N–H and O–H groups in total. The van der Waals surface area contributed by atoms with Gasteiger partial charge in [-0.2, -0.15) is 0 Å². The number of carbonyl (C=O) groups is 1. The Morgan fingerprint density at radius 3 is 2.36 bits per heavy atom. The number of anilines is 2. The van der Waals surface area contributed by atoms with Crippen molar-refractivity contribution in [2.45, 2.75) is 34.2 Å². The number of nitrogens with one attached hydrogen (secondary N) is 1. The quantitative estimate of drug-likeness (QED) is 0.738. The highest BCUT2D eigenvalue weighted by Gasteiger charge is 2.27. The van der Waals surface area contributed by atoms with E-state index in [4.69, 9.17) is 28.9 Å². The lowest BCUT2D eigenvalue weighted by molar-refractivity contribution is 0.0983. The van der Waals surface area contributed by atoms with Gasteiger partial charge < -0.3 is 10.6 Å². The van der Waals surface area contributed by atoms with Gasteiger partial charge in [0.1, 0.15) is 5.82 Å². The number of hydrogen-bond acceptors (Lipinski definition) is 4. The fourth-order valence-electron chi connectivity index (χ4n) is 2.83. The third-order valence-corrected chi connectivity index (χ3v) is 4.53. The van der Waals surface area contributed by atoms with Crippen LogP contribution in [0.3, 0.4) is 0 Å². The normalized spacial score (nSPS) is 11.3. The molecule has 0 aliphatic heterocycles. The summed E-state index contributed by atoms with van der Waals surface area (Å²) >= 11 is 12.1. The maximum absolute atomic E-state index is 13.2. The summed E-state index contributed by atoms with van der Waals surface area (Å²) < 4.78 is 1.27. The second-order valence-electron chi connectivity index (χ2n) is 7.43. The van der Waals surface area contributed by atoms with Crippen LogP contribution in [0.25, 0.3) is 0 Å². The van der Waals surface area contributed by atoms with Gasteiger partial charge in [0, 0.05) is 18.1 Å². The zero-order valence-electron chi connectivity index (χ0n) is 16.3. The Morgan fingerprint density at radius 1 is 1.18 bits per heavy atom. The maximum Gasteiger partial charge on any atom is 0.330 e. The molecular weight excluding hydrogens is 403 g/mol. The predicted octanol–water partition coefficient (Wildman–Crippen LogP) is 3.38. The lowest BCUT2D eigenvalue weighted by atomic mass is 10.1. The molecule has 0 saturated carbocycles. The van der Waals surface area contributed by atoms with Gasteiger partial charge in [-0.1, -0.05) is 50.9 Å². The molecule has 1 amide bonds. The fourth-order valence-corrected chi connectivity index (χ4v) is 3.32. The van der Waals surface area contributed by atoms with E-state index in [-0.39, 0.29) is 40.5 Å². The largest absolute Gasteiger partial charge is 0.383 e. The van der Waals surface area contributed by atoms with Crippen LogP contribution in [0.2, 0.25) is 10.0 Å². The van der Waals surface area contributed by atoms with Crippen molar-refractivity contribution in [1.82, 2.24) is 9.55 Å². The van der Waals surface area contributed by atoms with E-state index in [0.717, 1.165) is 0 Å². The van der Waals surface area contributed by atoms with Crippen molar-refractivity contribution in [3.8, 4) is 0 Å². The molecule has 0 aliphatic carbocycles. The number of aromatic nitrogens is 2. The minimum atomic E-state index is -0.721. The molecule has 0 spiro atoms. The Balaban J connectivity index is 2.68. The highest BCUT2D eigenvalue weighted by atomic mass is 35.5. The number of amides is 1. The SMILES string of the molecule is CC(C)CN(C(=O)c1ccc(Cl)cc1Cl)c1c(N)n(CC(C)C)c(=O)[nH]c1=O. The summed E-state index contributed by atoms with van der Waals surface area (Å²) in [5.74, 6) is -0.415. The van der Waals surface area contributed by atoms with Crippen LogP contribution in [-0.2, 0) is 6.54 Å². The summed E-state index contributed by atoms with van der Waals surface area (Å²) in [6, 6.07) is 4.49. The highest BCUT2D eigenvalue weighted by molar-refractivity contribution is 6.37. The molecule has 0 bridgehead atoms. The number of nitrogens with zero attached hydrogens (tertiary/aromatic N) is 2. The zero-order valence-corrected chi connectivity index (χ0v) is 17.8. The van der Waals surface area contributed by atoms with Gasteiger partial charge in [-0.3, -0.25) is 19.1 Å². The summed E-state index contributed by atoms with van der Waals surface area (Å²) in [5.41, 5.74) is 4.97. The summed E-state index contributed by atoms with van der Waals surface area (Å²) in [5, 5.41) is 0.552. The number of carbonyl (C=O) groups excluding carboxylic acids is 1. The lowest BCUT2D eigenvalue weighted by Gasteiger charge is -2.26. The smallest absolute Gasteiger partial charge is 0.330 e. The topological polar surface area (TPSA) is 101 Å². The number of nitrogens with two attached hydrogens (primary N) is 1. The molecule has 28 heavy (non-hydrogen) atoms. The Hall–Kier alpha value is -2.25. The van der Waals surface area contributed by atoms with Crippen molar-refractivity contribution in [3.05, 3.63) is 54.6 Å². The first-order valence-electron chi connectivity index (χ1n) is 8.92. The average molecular weight is 427 g/mol. The number of nitrogen functional groups attached to an aromatic ring is 1.